The molecule has 41 heavy (non-hydrogen) atoms. The molecule has 1 unspecified atom stereocenters. The van der Waals surface area contributed by atoms with Gasteiger partial charge in [-0.2, -0.15) is 0 Å². The van der Waals surface area contributed by atoms with Crippen LogP contribution in [-0.4, -0.2) is 88.5 Å². The Bertz CT molecular complexity index is 1530. The highest BCUT2D eigenvalue weighted by Gasteiger charge is 2.27. The number of piperazine rings is 1. The molecule has 2 amide bonds. The van der Waals surface area contributed by atoms with Gasteiger partial charge in [0, 0.05) is 51.2 Å². The predicted molar refractivity (Wildman–Crippen MR) is 158 cm³/mol. The number of para-hydroxylation sites is 1. The Morgan fingerprint density at radius 3 is 2.41 bits per heavy atom. The van der Waals surface area contributed by atoms with Gasteiger partial charge in [-0.25, -0.2) is 14.4 Å². The zero-order valence-corrected chi connectivity index (χ0v) is 24.0. The molecule has 4 aromatic rings. The van der Waals surface area contributed by atoms with Gasteiger partial charge in [0.05, 0.1) is 21.3 Å². The van der Waals surface area contributed by atoms with Gasteiger partial charge in [-0.15, -0.1) is 11.3 Å². The second-order valence-corrected chi connectivity index (χ2v) is 11.9. The van der Waals surface area contributed by atoms with E-state index in [0.717, 1.165) is 34.5 Å². The maximum Gasteiger partial charge on any atom is 0.272 e. The SMILES string of the molecule is CC(F)CN1CCN(C(=O)c2cc(C(=O)N3CCCCC3)c3cc(OCc4nc5ccccc5s4)ccc3n2)CC1. The summed E-state index contributed by atoms with van der Waals surface area (Å²) in [6, 6.07) is 15.1. The Hall–Kier alpha value is -3.63. The Balaban J connectivity index is 1.27. The van der Waals surface area contributed by atoms with Crippen LogP contribution >= 0.6 is 11.3 Å². The number of alkyl halides is 1. The fourth-order valence-electron chi connectivity index (χ4n) is 5.63. The Morgan fingerprint density at radius 1 is 0.902 bits per heavy atom. The molecular weight excluding hydrogens is 541 g/mol. The van der Waals surface area contributed by atoms with Crippen molar-refractivity contribution in [2.45, 2.75) is 39.0 Å². The first-order chi connectivity index (χ1) is 19.9. The molecule has 2 aliphatic heterocycles. The lowest BCUT2D eigenvalue weighted by Crippen LogP contribution is -2.50. The number of carbonyl (C=O) groups excluding carboxylic acids is 2. The van der Waals surface area contributed by atoms with E-state index < -0.39 is 6.17 Å². The molecular formula is C31H34FN5O3S. The number of hydrogen-bond acceptors (Lipinski definition) is 7. The molecule has 0 bridgehead atoms. The first kappa shape index (κ1) is 27.5. The first-order valence-electron chi connectivity index (χ1n) is 14.3. The van der Waals surface area contributed by atoms with Gasteiger partial charge in [-0.05, 0) is 62.6 Å². The number of likely N-dealkylation sites (tertiary alicyclic amines) is 1. The highest BCUT2D eigenvalue weighted by molar-refractivity contribution is 7.18. The molecule has 4 heterocycles. The molecule has 8 nitrogen and oxygen atoms in total. The number of nitrogens with zero attached hydrogens (tertiary/aromatic N) is 5. The maximum atomic E-state index is 13.8. The zero-order valence-electron chi connectivity index (χ0n) is 23.2. The van der Waals surface area contributed by atoms with Gasteiger partial charge in [0.25, 0.3) is 11.8 Å². The normalized spacial score (nSPS) is 17.2. The third-order valence-electron chi connectivity index (χ3n) is 7.74. The van der Waals surface area contributed by atoms with Crippen molar-refractivity contribution in [3.8, 4) is 5.75 Å². The lowest BCUT2D eigenvalue weighted by Gasteiger charge is -2.35. The smallest absolute Gasteiger partial charge is 0.272 e. The number of amides is 2. The predicted octanol–water partition coefficient (Wildman–Crippen LogP) is 5.17. The van der Waals surface area contributed by atoms with Gasteiger partial charge in [0.15, 0.2) is 0 Å². The second-order valence-electron chi connectivity index (χ2n) is 10.8. The topological polar surface area (TPSA) is 78.9 Å². The van der Waals surface area contributed by atoms with Crippen LogP contribution in [0.25, 0.3) is 21.1 Å². The fraction of sp³-hybridized carbons (Fsp3) is 0.419. The maximum absolute atomic E-state index is 13.8. The summed E-state index contributed by atoms with van der Waals surface area (Å²) in [5.74, 6) is 0.323. The Kier molecular flexibility index (Phi) is 8.11. The van der Waals surface area contributed by atoms with Gasteiger partial charge in [-0.3, -0.25) is 14.5 Å². The largest absolute Gasteiger partial charge is 0.486 e. The van der Waals surface area contributed by atoms with Gasteiger partial charge >= 0.3 is 0 Å². The number of ether oxygens (including phenoxy) is 1. The minimum absolute atomic E-state index is 0.0868. The van der Waals surface area contributed by atoms with E-state index in [2.05, 4.69) is 4.98 Å². The number of thiazole rings is 1. The van der Waals surface area contributed by atoms with E-state index in [0.29, 0.717) is 74.6 Å². The molecule has 2 aromatic carbocycles. The average Bonchev–Trinajstić information content (AvgIpc) is 3.42. The molecule has 0 saturated carbocycles. The second kappa shape index (κ2) is 12.1. The van der Waals surface area contributed by atoms with E-state index in [1.165, 1.54) is 0 Å². The molecule has 2 saturated heterocycles. The van der Waals surface area contributed by atoms with Crippen LogP contribution in [0, 0.1) is 0 Å². The van der Waals surface area contributed by atoms with E-state index >= 15 is 0 Å². The number of halogens is 1. The lowest BCUT2D eigenvalue weighted by molar-refractivity contribution is 0.0604. The zero-order chi connectivity index (χ0) is 28.3. The summed E-state index contributed by atoms with van der Waals surface area (Å²) in [5.41, 5.74) is 2.25. The Morgan fingerprint density at radius 2 is 1.66 bits per heavy atom. The standard InChI is InChI=1S/C31H34FN5O3S/c1-21(32)19-35-13-15-37(16-14-35)31(39)27-18-24(30(38)36-11-5-2-6-12-36)23-17-22(9-10-25(23)33-27)40-20-29-34-26-7-3-4-8-28(26)41-29/h3-4,7-10,17-18,21H,2,5-6,11-16,19-20H2,1H3. The van der Waals surface area contributed by atoms with E-state index in [1.807, 2.05) is 52.3 Å². The summed E-state index contributed by atoms with van der Waals surface area (Å²) in [6.07, 6.45) is 2.15. The van der Waals surface area contributed by atoms with E-state index in [9.17, 15) is 14.0 Å². The van der Waals surface area contributed by atoms with Crippen LogP contribution in [0.5, 0.6) is 5.75 Å². The van der Waals surface area contributed by atoms with Crippen molar-refractivity contribution in [1.82, 2.24) is 24.7 Å². The van der Waals surface area contributed by atoms with Crippen LogP contribution in [0.4, 0.5) is 4.39 Å². The molecule has 2 aromatic heterocycles. The number of fused-ring (bicyclic) bond motifs is 2. The summed E-state index contributed by atoms with van der Waals surface area (Å²) in [6.45, 7) is 5.87. The minimum Gasteiger partial charge on any atom is -0.486 e. The summed E-state index contributed by atoms with van der Waals surface area (Å²) < 4.78 is 20.7. The van der Waals surface area contributed by atoms with Gasteiger partial charge in [0.2, 0.25) is 0 Å². The molecule has 0 N–H and O–H groups in total. The lowest BCUT2D eigenvalue weighted by atomic mass is 10.0. The summed E-state index contributed by atoms with van der Waals surface area (Å²) in [5, 5.41) is 1.54. The van der Waals surface area contributed by atoms with Crippen LogP contribution < -0.4 is 4.74 Å². The van der Waals surface area contributed by atoms with Crippen LogP contribution in [0.15, 0.2) is 48.5 Å². The van der Waals surface area contributed by atoms with E-state index in [4.69, 9.17) is 9.72 Å². The number of benzene rings is 2. The van der Waals surface area contributed by atoms with Crippen molar-refractivity contribution in [2.75, 3.05) is 45.8 Å². The van der Waals surface area contributed by atoms with Crippen molar-refractivity contribution in [3.63, 3.8) is 0 Å². The van der Waals surface area contributed by atoms with Crippen molar-refractivity contribution in [3.05, 3.63) is 64.8 Å². The van der Waals surface area contributed by atoms with Gasteiger partial charge in [-0.1, -0.05) is 12.1 Å². The number of carbonyl (C=O) groups is 2. The Labute approximate surface area is 242 Å². The van der Waals surface area contributed by atoms with Crippen LogP contribution in [0.3, 0.4) is 0 Å². The van der Waals surface area contributed by atoms with Crippen molar-refractivity contribution in [2.24, 2.45) is 0 Å². The average molecular weight is 576 g/mol. The summed E-state index contributed by atoms with van der Waals surface area (Å²) >= 11 is 1.60. The molecule has 0 spiro atoms. The van der Waals surface area contributed by atoms with E-state index in [-0.39, 0.29) is 17.5 Å². The number of piperidine rings is 1. The van der Waals surface area contributed by atoms with Gasteiger partial charge in [0.1, 0.15) is 29.2 Å². The van der Waals surface area contributed by atoms with Crippen LogP contribution in [0.2, 0.25) is 0 Å². The molecule has 0 radical (unpaired) electrons. The highest BCUT2D eigenvalue weighted by Crippen LogP contribution is 2.28. The van der Waals surface area contributed by atoms with Crippen molar-refractivity contribution in [1.29, 1.82) is 0 Å². The molecule has 214 valence electrons. The van der Waals surface area contributed by atoms with Crippen LogP contribution in [-0.2, 0) is 6.61 Å². The summed E-state index contributed by atoms with van der Waals surface area (Å²) in [4.78, 5) is 42.3. The number of rotatable bonds is 7. The number of hydrogen-bond donors (Lipinski definition) is 0. The third-order valence-corrected chi connectivity index (χ3v) is 8.75. The molecule has 1 atom stereocenters. The van der Waals surface area contributed by atoms with Crippen molar-refractivity contribution < 1.29 is 18.7 Å². The monoisotopic (exact) mass is 575 g/mol. The molecule has 0 aliphatic carbocycles. The quantitative estimate of drug-likeness (QED) is 0.303. The van der Waals surface area contributed by atoms with Gasteiger partial charge < -0.3 is 14.5 Å². The fourth-order valence-corrected chi connectivity index (χ4v) is 6.51. The third kappa shape index (κ3) is 6.18. The first-order valence-corrected chi connectivity index (χ1v) is 15.1. The number of aromatic nitrogens is 2. The molecule has 6 rings (SSSR count). The number of pyridine rings is 1. The van der Waals surface area contributed by atoms with E-state index in [1.54, 1.807) is 29.2 Å². The highest BCUT2D eigenvalue weighted by atomic mass is 32.1. The summed E-state index contributed by atoms with van der Waals surface area (Å²) in [7, 11) is 0. The minimum atomic E-state index is -0.905. The van der Waals surface area contributed by atoms with Crippen molar-refractivity contribution >= 4 is 44.3 Å². The molecule has 2 fully saturated rings. The van der Waals surface area contributed by atoms with Crippen LogP contribution in [0.1, 0.15) is 52.0 Å². The molecule has 10 heteroatoms. The molecule has 2 aliphatic rings.